The molecule has 0 amide bonds. The Labute approximate surface area is 118 Å². The number of hydrogen-bond acceptors (Lipinski definition) is 3. The van der Waals surface area contributed by atoms with Crippen LogP contribution in [0.15, 0.2) is 10.5 Å². The van der Waals surface area contributed by atoms with Crippen molar-refractivity contribution in [2.75, 3.05) is 19.6 Å². The zero-order valence-electron chi connectivity index (χ0n) is 12.3. The van der Waals surface area contributed by atoms with Gasteiger partial charge in [-0.25, -0.2) is 0 Å². The van der Waals surface area contributed by atoms with E-state index in [-0.39, 0.29) is 6.54 Å². The Hall–Kier alpha value is -1.01. The van der Waals surface area contributed by atoms with Gasteiger partial charge < -0.3 is 9.73 Å². The Bertz CT molecular complexity index is 402. The quantitative estimate of drug-likeness (QED) is 0.795. The highest BCUT2D eigenvalue weighted by molar-refractivity contribution is 5.20. The van der Waals surface area contributed by atoms with Crippen LogP contribution >= 0.6 is 0 Å². The number of nitrogens with zero attached hydrogens (tertiary/aromatic N) is 1. The number of nitrogens with one attached hydrogen (secondary N) is 1. The highest BCUT2D eigenvalue weighted by Crippen LogP contribution is 2.20. The van der Waals surface area contributed by atoms with Crippen LogP contribution in [0.1, 0.15) is 37.4 Å². The molecule has 20 heavy (non-hydrogen) atoms. The van der Waals surface area contributed by atoms with Crippen LogP contribution in [0.5, 0.6) is 0 Å². The fourth-order valence-electron chi connectivity index (χ4n) is 2.10. The van der Waals surface area contributed by atoms with Crippen molar-refractivity contribution >= 4 is 0 Å². The SMILES string of the molecule is CCCN(Cc1cc(CNCC)c(C)o1)CC(F)(F)F. The second kappa shape index (κ2) is 7.69. The Morgan fingerprint density at radius 3 is 2.55 bits per heavy atom. The third kappa shape index (κ3) is 5.96. The van der Waals surface area contributed by atoms with Crippen molar-refractivity contribution in [3.63, 3.8) is 0 Å². The van der Waals surface area contributed by atoms with E-state index in [1.165, 1.54) is 4.90 Å². The van der Waals surface area contributed by atoms with Gasteiger partial charge in [-0.3, -0.25) is 4.90 Å². The van der Waals surface area contributed by atoms with Gasteiger partial charge in [0.15, 0.2) is 0 Å². The van der Waals surface area contributed by atoms with Gasteiger partial charge in [0.25, 0.3) is 0 Å². The van der Waals surface area contributed by atoms with E-state index in [0.717, 1.165) is 17.9 Å². The summed E-state index contributed by atoms with van der Waals surface area (Å²) in [5.41, 5.74) is 1.00. The van der Waals surface area contributed by atoms with Crippen LogP contribution in [0.25, 0.3) is 0 Å². The van der Waals surface area contributed by atoms with Crippen molar-refractivity contribution in [3.8, 4) is 0 Å². The van der Waals surface area contributed by atoms with Gasteiger partial charge in [-0.15, -0.1) is 0 Å². The molecule has 0 saturated carbocycles. The highest BCUT2D eigenvalue weighted by atomic mass is 19.4. The van der Waals surface area contributed by atoms with Crippen LogP contribution in [-0.4, -0.2) is 30.7 Å². The highest BCUT2D eigenvalue weighted by Gasteiger charge is 2.30. The molecule has 1 aromatic heterocycles. The van der Waals surface area contributed by atoms with Crippen LogP contribution in [-0.2, 0) is 13.1 Å². The Balaban J connectivity index is 2.68. The summed E-state index contributed by atoms with van der Waals surface area (Å²) >= 11 is 0. The molecule has 0 spiro atoms. The number of rotatable bonds is 8. The molecule has 0 unspecified atom stereocenters. The van der Waals surface area contributed by atoms with Crippen molar-refractivity contribution < 1.29 is 17.6 Å². The minimum Gasteiger partial charge on any atom is -0.465 e. The molecule has 6 heteroatoms. The lowest BCUT2D eigenvalue weighted by molar-refractivity contribution is -0.147. The first-order valence-electron chi connectivity index (χ1n) is 6.93. The van der Waals surface area contributed by atoms with E-state index in [2.05, 4.69) is 5.32 Å². The molecule has 0 aliphatic rings. The smallest absolute Gasteiger partial charge is 0.401 e. The van der Waals surface area contributed by atoms with E-state index in [4.69, 9.17) is 4.42 Å². The summed E-state index contributed by atoms with van der Waals surface area (Å²) in [6, 6.07) is 1.84. The first-order chi connectivity index (χ1) is 9.35. The van der Waals surface area contributed by atoms with Gasteiger partial charge in [0.2, 0.25) is 0 Å². The molecule has 0 fully saturated rings. The largest absolute Gasteiger partial charge is 0.465 e. The summed E-state index contributed by atoms with van der Waals surface area (Å²) in [4.78, 5) is 1.37. The fourth-order valence-corrected chi connectivity index (χ4v) is 2.10. The number of hydrogen-bond donors (Lipinski definition) is 1. The summed E-state index contributed by atoms with van der Waals surface area (Å²) in [6.45, 7) is 6.93. The van der Waals surface area contributed by atoms with Gasteiger partial charge in [0.1, 0.15) is 11.5 Å². The number of aryl methyl sites for hydroxylation is 1. The van der Waals surface area contributed by atoms with E-state index in [9.17, 15) is 13.2 Å². The molecule has 0 bridgehead atoms. The van der Waals surface area contributed by atoms with Gasteiger partial charge in [0, 0.05) is 12.1 Å². The van der Waals surface area contributed by atoms with Gasteiger partial charge >= 0.3 is 6.18 Å². The van der Waals surface area contributed by atoms with Crippen LogP contribution in [0.3, 0.4) is 0 Å². The molecule has 0 aliphatic carbocycles. The summed E-state index contributed by atoms with van der Waals surface area (Å²) < 4.78 is 43.1. The van der Waals surface area contributed by atoms with E-state index in [0.29, 0.717) is 25.3 Å². The van der Waals surface area contributed by atoms with Gasteiger partial charge in [-0.2, -0.15) is 13.2 Å². The normalized spacial score (nSPS) is 12.3. The second-order valence-corrected chi connectivity index (χ2v) is 4.90. The average molecular weight is 292 g/mol. The standard InChI is InChI=1S/C14H23F3N2O/c1-4-6-19(10-14(15,16)17)9-13-7-12(8-18-5-2)11(3)20-13/h7,18H,4-6,8-10H2,1-3H3. The van der Waals surface area contributed by atoms with E-state index < -0.39 is 12.7 Å². The number of alkyl halides is 3. The Kier molecular flexibility index (Phi) is 6.55. The molecule has 0 atom stereocenters. The summed E-state index contributed by atoms with van der Waals surface area (Å²) in [6.07, 6.45) is -3.50. The van der Waals surface area contributed by atoms with Crippen molar-refractivity contribution in [2.45, 2.75) is 46.5 Å². The lowest BCUT2D eigenvalue weighted by Gasteiger charge is -2.21. The summed E-state index contributed by atoms with van der Waals surface area (Å²) in [7, 11) is 0. The number of furan rings is 1. The average Bonchev–Trinajstić information content (AvgIpc) is 2.65. The maximum atomic E-state index is 12.5. The molecule has 1 heterocycles. The Morgan fingerprint density at radius 1 is 1.30 bits per heavy atom. The predicted octanol–water partition coefficient (Wildman–Crippen LogP) is 3.47. The van der Waals surface area contributed by atoms with E-state index in [1.807, 2.05) is 26.8 Å². The summed E-state index contributed by atoms with van der Waals surface area (Å²) in [5.74, 6) is 1.36. The van der Waals surface area contributed by atoms with E-state index in [1.54, 1.807) is 0 Å². The molecular weight excluding hydrogens is 269 g/mol. The first kappa shape index (κ1) is 17.0. The maximum Gasteiger partial charge on any atom is 0.401 e. The van der Waals surface area contributed by atoms with Gasteiger partial charge in [0.05, 0.1) is 13.1 Å². The molecular formula is C14H23F3N2O. The summed E-state index contributed by atoms with van der Waals surface area (Å²) in [5, 5.41) is 3.18. The lowest BCUT2D eigenvalue weighted by atomic mass is 10.2. The van der Waals surface area contributed by atoms with Gasteiger partial charge in [-0.1, -0.05) is 13.8 Å². The molecule has 0 radical (unpaired) electrons. The molecule has 0 aromatic carbocycles. The van der Waals surface area contributed by atoms with E-state index >= 15 is 0 Å². The minimum absolute atomic E-state index is 0.195. The van der Waals surface area contributed by atoms with Crippen LogP contribution in [0.2, 0.25) is 0 Å². The zero-order chi connectivity index (χ0) is 15.2. The van der Waals surface area contributed by atoms with Crippen LogP contribution in [0.4, 0.5) is 13.2 Å². The molecule has 1 N–H and O–H groups in total. The topological polar surface area (TPSA) is 28.4 Å². The van der Waals surface area contributed by atoms with Crippen LogP contribution in [0, 0.1) is 6.92 Å². The molecule has 116 valence electrons. The Morgan fingerprint density at radius 2 is 2.00 bits per heavy atom. The van der Waals surface area contributed by atoms with Crippen molar-refractivity contribution in [3.05, 3.63) is 23.2 Å². The van der Waals surface area contributed by atoms with Crippen LogP contribution < -0.4 is 5.32 Å². The molecule has 0 aliphatic heterocycles. The van der Waals surface area contributed by atoms with Crippen molar-refractivity contribution in [1.29, 1.82) is 0 Å². The third-order valence-corrected chi connectivity index (χ3v) is 2.96. The molecule has 3 nitrogen and oxygen atoms in total. The van der Waals surface area contributed by atoms with Crippen molar-refractivity contribution in [1.82, 2.24) is 10.2 Å². The predicted molar refractivity (Wildman–Crippen MR) is 72.4 cm³/mol. The lowest BCUT2D eigenvalue weighted by Crippen LogP contribution is -2.34. The minimum atomic E-state index is -4.18. The number of halogens is 3. The molecule has 1 aromatic rings. The van der Waals surface area contributed by atoms with Crippen molar-refractivity contribution in [2.24, 2.45) is 0 Å². The monoisotopic (exact) mass is 292 g/mol. The van der Waals surface area contributed by atoms with Gasteiger partial charge in [-0.05, 0) is 32.5 Å². The maximum absolute atomic E-state index is 12.5. The third-order valence-electron chi connectivity index (χ3n) is 2.96. The first-order valence-corrected chi connectivity index (χ1v) is 6.93. The second-order valence-electron chi connectivity index (χ2n) is 4.90. The molecule has 1 rings (SSSR count). The molecule has 0 saturated heterocycles. The zero-order valence-corrected chi connectivity index (χ0v) is 12.3. The fraction of sp³-hybridized carbons (Fsp3) is 0.714.